The fourth-order valence-electron chi connectivity index (χ4n) is 3.87. The predicted octanol–water partition coefficient (Wildman–Crippen LogP) is 4.75. The van der Waals surface area contributed by atoms with Gasteiger partial charge in [0.25, 0.3) is 0 Å². The van der Waals surface area contributed by atoms with E-state index in [-0.39, 0.29) is 0 Å². The van der Waals surface area contributed by atoms with Crippen LogP contribution in [0.1, 0.15) is 17.0 Å². The first kappa shape index (κ1) is 16.8. The Labute approximate surface area is 157 Å². The number of nitriles is 1. The Hall–Kier alpha value is -3.64. The van der Waals surface area contributed by atoms with Crippen LogP contribution in [-0.2, 0) is 4.79 Å². The van der Waals surface area contributed by atoms with E-state index in [2.05, 4.69) is 6.07 Å². The van der Waals surface area contributed by atoms with Crippen molar-refractivity contribution in [3.05, 3.63) is 96.1 Å². The molecule has 0 aliphatic heterocycles. The van der Waals surface area contributed by atoms with Crippen LogP contribution in [0.4, 0.5) is 0 Å². The van der Waals surface area contributed by atoms with Crippen LogP contribution in [0.3, 0.4) is 0 Å². The third kappa shape index (κ3) is 2.92. The van der Waals surface area contributed by atoms with Crippen LogP contribution in [0.5, 0.6) is 0 Å². The lowest BCUT2D eigenvalue weighted by Gasteiger charge is -2.24. The lowest BCUT2D eigenvalue weighted by molar-refractivity contribution is -0.120. The number of nitrogens with zero attached hydrogens (tertiary/aromatic N) is 1. The summed E-state index contributed by atoms with van der Waals surface area (Å²) in [6.07, 6.45) is 0. The number of fused-ring (bicyclic) bond motifs is 2. The Bertz CT molecular complexity index is 1100. The number of amides is 1. The SMILES string of the molecule is N#CC(C(N)=O)C(c1cccc2ccccc12)c1cccc2ccccc12. The molecule has 2 N–H and O–H groups in total. The Morgan fingerprint density at radius 2 is 1.19 bits per heavy atom. The van der Waals surface area contributed by atoms with Crippen molar-refractivity contribution in [3.63, 3.8) is 0 Å². The summed E-state index contributed by atoms with van der Waals surface area (Å²) in [5, 5.41) is 14.0. The maximum atomic E-state index is 12.2. The summed E-state index contributed by atoms with van der Waals surface area (Å²) in [6, 6.07) is 30.1. The van der Waals surface area contributed by atoms with Crippen molar-refractivity contribution in [1.29, 1.82) is 5.26 Å². The molecule has 0 aliphatic carbocycles. The minimum atomic E-state index is -0.957. The van der Waals surface area contributed by atoms with Crippen molar-refractivity contribution in [3.8, 4) is 6.07 Å². The fourth-order valence-corrected chi connectivity index (χ4v) is 3.87. The average molecular weight is 350 g/mol. The van der Waals surface area contributed by atoms with E-state index in [1.807, 2.05) is 84.9 Å². The second kappa shape index (κ2) is 6.93. The van der Waals surface area contributed by atoms with Crippen molar-refractivity contribution in [2.24, 2.45) is 11.7 Å². The number of carbonyl (C=O) groups is 1. The largest absolute Gasteiger partial charge is 0.369 e. The molecule has 0 heterocycles. The van der Waals surface area contributed by atoms with Gasteiger partial charge in [-0.3, -0.25) is 4.79 Å². The summed E-state index contributed by atoms with van der Waals surface area (Å²) < 4.78 is 0. The number of rotatable bonds is 4. The molecule has 130 valence electrons. The highest BCUT2D eigenvalue weighted by molar-refractivity contribution is 5.92. The Morgan fingerprint density at radius 1 is 0.741 bits per heavy atom. The molecule has 0 fully saturated rings. The maximum absolute atomic E-state index is 12.2. The molecule has 3 nitrogen and oxygen atoms in total. The normalized spacial score (nSPS) is 12.1. The van der Waals surface area contributed by atoms with Crippen molar-refractivity contribution < 1.29 is 4.79 Å². The standard InChI is InChI=1S/C24H18N2O/c25-15-22(24(26)27)23(20-13-5-9-16-7-1-3-11-18(16)20)21-14-6-10-17-8-2-4-12-19(17)21/h1-14,22-23H,(H2,26,27). The second-order valence-electron chi connectivity index (χ2n) is 6.62. The van der Waals surface area contributed by atoms with Gasteiger partial charge in [-0.2, -0.15) is 5.26 Å². The van der Waals surface area contributed by atoms with E-state index >= 15 is 0 Å². The second-order valence-corrected chi connectivity index (χ2v) is 6.62. The van der Waals surface area contributed by atoms with Gasteiger partial charge < -0.3 is 5.73 Å². The van der Waals surface area contributed by atoms with Crippen LogP contribution in [0.25, 0.3) is 21.5 Å². The van der Waals surface area contributed by atoms with Gasteiger partial charge in [-0.15, -0.1) is 0 Å². The number of benzene rings is 4. The molecule has 0 aliphatic rings. The summed E-state index contributed by atoms with van der Waals surface area (Å²) in [7, 11) is 0. The van der Waals surface area contributed by atoms with E-state index < -0.39 is 17.7 Å². The number of primary amides is 1. The van der Waals surface area contributed by atoms with E-state index in [1.54, 1.807) is 0 Å². The van der Waals surface area contributed by atoms with Crippen LogP contribution < -0.4 is 5.73 Å². The number of hydrogen-bond donors (Lipinski definition) is 1. The van der Waals surface area contributed by atoms with Gasteiger partial charge in [-0.1, -0.05) is 84.9 Å². The third-order valence-corrected chi connectivity index (χ3v) is 5.10. The molecule has 4 rings (SSSR count). The van der Waals surface area contributed by atoms with Crippen molar-refractivity contribution in [1.82, 2.24) is 0 Å². The highest BCUT2D eigenvalue weighted by atomic mass is 16.1. The molecular weight excluding hydrogens is 332 g/mol. The van der Waals surface area contributed by atoms with Crippen molar-refractivity contribution in [2.75, 3.05) is 0 Å². The van der Waals surface area contributed by atoms with Gasteiger partial charge in [0, 0.05) is 5.92 Å². The summed E-state index contributed by atoms with van der Waals surface area (Å²) in [5.41, 5.74) is 7.53. The van der Waals surface area contributed by atoms with E-state index in [4.69, 9.17) is 5.73 Å². The minimum Gasteiger partial charge on any atom is -0.369 e. The summed E-state index contributed by atoms with van der Waals surface area (Å²) in [4.78, 5) is 12.2. The van der Waals surface area contributed by atoms with Gasteiger partial charge in [-0.25, -0.2) is 0 Å². The quantitative estimate of drug-likeness (QED) is 0.577. The fraction of sp³-hybridized carbons (Fsp3) is 0.0833. The molecule has 4 aromatic carbocycles. The highest BCUT2D eigenvalue weighted by Gasteiger charge is 2.31. The topological polar surface area (TPSA) is 66.9 Å². The lowest BCUT2D eigenvalue weighted by Crippen LogP contribution is -2.28. The molecule has 0 saturated carbocycles. The van der Waals surface area contributed by atoms with Gasteiger partial charge in [-0.05, 0) is 32.7 Å². The van der Waals surface area contributed by atoms with Gasteiger partial charge in [0.05, 0.1) is 6.07 Å². The zero-order valence-electron chi connectivity index (χ0n) is 14.7. The van der Waals surface area contributed by atoms with Crippen molar-refractivity contribution >= 4 is 27.5 Å². The van der Waals surface area contributed by atoms with Gasteiger partial charge in [0.15, 0.2) is 0 Å². The molecule has 0 saturated heterocycles. The summed E-state index contributed by atoms with van der Waals surface area (Å²) in [5.74, 6) is -2.00. The minimum absolute atomic E-state index is 0.440. The Morgan fingerprint density at radius 3 is 1.63 bits per heavy atom. The van der Waals surface area contributed by atoms with E-state index in [0.717, 1.165) is 32.7 Å². The van der Waals surface area contributed by atoms with E-state index in [0.29, 0.717) is 0 Å². The van der Waals surface area contributed by atoms with E-state index in [9.17, 15) is 10.1 Å². The monoisotopic (exact) mass is 350 g/mol. The Kier molecular flexibility index (Phi) is 4.32. The molecule has 1 amide bonds. The number of nitrogens with two attached hydrogens (primary N) is 1. The molecule has 4 aromatic rings. The Balaban J connectivity index is 2.06. The lowest BCUT2D eigenvalue weighted by atomic mass is 9.77. The summed E-state index contributed by atoms with van der Waals surface area (Å²) >= 11 is 0. The molecular formula is C24H18N2O. The van der Waals surface area contributed by atoms with E-state index in [1.165, 1.54) is 0 Å². The van der Waals surface area contributed by atoms with Crippen molar-refractivity contribution in [2.45, 2.75) is 5.92 Å². The first-order valence-electron chi connectivity index (χ1n) is 8.85. The highest BCUT2D eigenvalue weighted by Crippen LogP contribution is 2.39. The third-order valence-electron chi connectivity index (χ3n) is 5.10. The van der Waals surface area contributed by atoms with Crippen LogP contribution in [0, 0.1) is 17.2 Å². The predicted molar refractivity (Wildman–Crippen MR) is 108 cm³/mol. The molecule has 3 heteroatoms. The molecule has 0 bridgehead atoms. The van der Waals surface area contributed by atoms with Gasteiger partial charge >= 0.3 is 0 Å². The zero-order chi connectivity index (χ0) is 18.8. The number of carbonyl (C=O) groups excluding carboxylic acids is 1. The zero-order valence-corrected chi connectivity index (χ0v) is 14.7. The summed E-state index contributed by atoms with van der Waals surface area (Å²) in [6.45, 7) is 0. The van der Waals surface area contributed by atoms with Crippen LogP contribution in [0.15, 0.2) is 84.9 Å². The smallest absolute Gasteiger partial charge is 0.235 e. The molecule has 1 unspecified atom stereocenters. The van der Waals surface area contributed by atoms with Crippen LogP contribution in [-0.4, -0.2) is 5.91 Å². The van der Waals surface area contributed by atoms with Gasteiger partial charge in [0.1, 0.15) is 5.92 Å². The number of hydrogen-bond acceptors (Lipinski definition) is 2. The molecule has 27 heavy (non-hydrogen) atoms. The molecule has 0 spiro atoms. The van der Waals surface area contributed by atoms with Crippen LogP contribution in [0.2, 0.25) is 0 Å². The average Bonchev–Trinajstić information content (AvgIpc) is 2.71. The first-order chi connectivity index (χ1) is 13.2. The molecule has 0 radical (unpaired) electrons. The maximum Gasteiger partial charge on any atom is 0.235 e. The van der Waals surface area contributed by atoms with Crippen LogP contribution >= 0.6 is 0 Å². The molecule has 0 aromatic heterocycles. The molecule has 1 atom stereocenters. The van der Waals surface area contributed by atoms with Gasteiger partial charge in [0.2, 0.25) is 5.91 Å². The first-order valence-corrected chi connectivity index (χ1v) is 8.85.